The summed E-state index contributed by atoms with van der Waals surface area (Å²) in [5.41, 5.74) is 6.60. The molecule has 702 valence electrons. The van der Waals surface area contributed by atoms with Crippen LogP contribution in [0.3, 0.4) is 0 Å². The molecule has 15 atom stereocenters. The minimum absolute atomic E-state index is 0.0144. The number of ether oxygens (including phenoxy) is 16. The Morgan fingerprint density at radius 1 is 0.254 bits per heavy atom. The van der Waals surface area contributed by atoms with E-state index in [1.807, 2.05) is 231 Å². The molecule has 3 aliphatic rings. The summed E-state index contributed by atoms with van der Waals surface area (Å²) in [5, 5.41) is 13.5. The number of hydrogen-bond donors (Lipinski definition) is 1. The van der Waals surface area contributed by atoms with Crippen molar-refractivity contribution < 1.29 is 156 Å². The summed E-state index contributed by atoms with van der Waals surface area (Å²) < 4.78 is 352. The lowest BCUT2D eigenvalue weighted by Crippen LogP contribution is -2.74. The van der Waals surface area contributed by atoms with Crippen LogP contribution in [-0.4, -0.2) is 184 Å². The molecule has 0 bridgehead atoms. The normalized spacial score (nSPS) is 23.4. The third kappa shape index (κ3) is 25.4. The second kappa shape index (κ2) is 46.5. The van der Waals surface area contributed by atoms with Gasteiger partial charge in [-0.2, -0.15) is 74.6 Å². The second-order valence-electron chi connectivity index (χ2n) is 31.0. The lowest BCUT2D eigenvalue weighted by molar-refractivity contribution is -0.461. The van der Waals surface area contributed by atoms with E-state index < -0.39 is 172 Å². The highest BCUT2D eigenvalue weighted by atomic mass is 19.4. The molecule has 34 heteroatoms. The fourth-order valence-electron chi connectivity index (χ4n) is 14.6. The van der Waals surface area contributed by atoms with Crippen LogP contribution in [-0.2, 0) is 135 Å². The van der Waals surface area contributed by atoms with E-state index in [2.05, 4.69) is 0 Å². The van der Waals surface area contributed by atoms with Crippen LogP contribution >= 0.6 is 0 Å². The average molecular weight is 1850 g/mol. The molecule has 1 N–H and O–H groups in total. The molecule has 0 radical (unpaired) electrons. The minimum Gasteiger partial charge on any atom is -0.385 e. The molecule has 9 aromatic carbocycles. The smallest absolute Gasteiger partial charge is 0.385 e. The number of hydrogen-bond acceptors (Lipinski definition) is 17. The van der Waals surface area contributed by atoms with E-state index >= 15 is 8.78 Å². The van der Waals surface area contributed by atoms with Crippen LogP contribution in [0.2, 0.25) is 0 Å². The molecular weight excluding hydrogens is 1750 g/mol. The Balaban J connectivity index is 0.928. The van der Waals surface area contributed by atoms with E-state index in [1.54, 1.807) is 42.5 Å². The maximum atomic E-state index is 15.1. The molecule has 3 aliphatic heterocycles. The summed E-state index contributed by atoms with van der Waals surface area (Å²) in [5.74, 6) is -57.3. The molecule has 0 spiro atoms. The number of rotatable bonds is 49. The van der Waals surface area contributed by atoms with Crippen LogP contribution in [0.5, 0.6) is 0 Å². The lowest BCUT2D eigenvalue weighted by atomic mass is 9.88. The van der Waals surface area contributed by atoms with Gasteiger partial charge in [0.05, 0.1) is 92.5 Å². The van der Waals surface area contributed by atoms with E-state index in [4.69, 9.17) is 75.8 Å². The average Bonchev–Trinajstić information content (AvgIpc) is 0.693. The Morgan fingerprint density at radius 3 is 0.838 bits per heavy atom. The number of alkyl halides is 17. The van der Waals surface area contributed by atoms with Gasteiger partial charge in [-0.05, 0) is 56.5 Å². The van der Waals surface area contributed by atoms with E-state index in [-0.39, 0.29) is 79.3 Å². The number of aliphatic hydroxyl groups excluding tert-OH is 1. The summed E-state index contributed by atoms with van der Waals surface area (Å²) in [6.07, 6.45) is -31.0. The fourth-order valence-corrected chi connectivity index (χ4v) is 14.6. The van der Waals surface area contributed by atoms with Crippen molar-refractivity contribution in [2.45, 2.75) is 212 Å². The fraction of sp³-hybridized carbons (Fsp3) is 0.417. The Kier molecular flexibility index (Phi) is 35.7. The maximum absolute atomic E-state index is 15.1. The van der Waals surface area contributed by atoms with Gasteiger partial charge in [0.2, 0.25) is 0 Å². The van der Waals surface area contributed by atoms with Gasteiger partial charge in [0, 0.05) is 13.0 Å². The zero-order valence-electron chi connectivity index (χ0n) is 69.7. The van der Waals surface area contributed by atoms with Crippen molar-refractivity contribution in [2.75, 3.05) is 39.6 Å². The molecule has 0 amide bonds. The second-order valence-corrected chi connectivity index (χ2v) is 31.0. The van der Waals surface area contributed by atoms with Crippen molar-refractivity contribution in [1.29, 1.82) is 0 Å². The highest BCUT2D eigenvalue weighted by Crippen LogP contribution is 2.64. The minimum atomic E-state index is -8.77. The predicted molar refractivity (Wildman–Crippen MR) is 436 cm³/mol. The Bertz CT molecular complexity index is 4780. The third-order valence-corrected chi connectivity index (χ3v) is 21.6. The largest absolute Gasteiger partial charge is 0.460 e. The molecule has 9 aromatic rings. The number of halogens is 17. The van der Waals surface area contributed by atoms with E-state index in [0.29, 0.717) is 16.7 Å². The zero-order chi connectivity index (χ0) is 92.4. The van der Waals surface area contributed by atoms with Gasteiger partial charge in [0.1, 0.15) is 73.2 Å². The maximum Gasteiger partial charge on any atom is 0.460 e. The molecule has 0 aromatic heterocycles. The van der Waals surface area contributed by atoms with Crippen molar-refractivity contribution in [2.24, 2.45) is 0 Å². The molecule has 0 aliphatic carbocycles. The lowest BCUT2D eigenvalue weighted by Gasteiger charge is -2.51. The quantitative estimate of drug-likeness (QED) is 0.0217. The first-order valence-electron chi connectivity index (χ1n) is 41.7. The number of aliphatic hydroxyl groups is 1. The van der Waals surface area contributed by atoms with Crippen LogP contribution in [0, 0.1) is 0 Å². The van der Waals surface area contributed by atoms with Gasteiger partial charge >= 0.3 is 47.6 Å². The van der Waals surface area contributed by atoms with Crippen LogP contribution in [0.4, 0.5) is 74.6 Å². The topological polar surface area (TPSA) is 168 Å². The van der Waals surface area contributed by atoms with Gasteiger partial charge in [-0.15, -0.1) is 0 Å². The third-order valence-electron chi connectivity index (χ3n) is 21.6. The van der Waals surface area contributed by atoms with Crippen LogP contribution < -0.4 is 0 Å². The van der Waals surface area contributed by atoms with Crippen molar-refractivity contribution in [1.82, 2.24) is 0 Å². The van der Waals surface area contributed by atoms with Crippen molar-refractivity contribution in [3.8, 4) is 0 Å². The first-order chi connectivity index (χ1) is 62.4. The van der Waals surface area contributed by atoms with Gasteiger partial charge in [-0.1, -0.05) is 285 Å². The summed E-state index contributed by atoms with van der Waals surface area (Å²) in [6.45, 7) is -3.40. The molecular formula is C96H97F17O17. The number of benzene rings is 9. The molecule has 130 heavy (non-hydrogen) atoms. The summed E-state index contributed by atoms with van der Waals surface area (Å²) in [4.78, 5) is 0. The SMILES string of the molecule is O[C@@H]1[C@@H](O[C@@H]2[C@@H](O[C@@H]3[C@@H](OC/C=C\COCCCC(F)(F)C(F)(F)C(F)(F)C(F)(F)C(F)(F)C(F)(F)C(F)(F)C(F)(F)F)O[C@H](COCc4ccccc4)[C@@H](OCc4ccccc4)[C@@H]3OCc3ccccc3)O[C@H](COCc3ccccc3)[C@@H](OCc3ccccc3)[C@@H]2OCc2ccccc2)O[C@H](COCc2ccccc2)[C@@H](OCc2ccccc2)[C@@H]1OCc1ccccc1. The molecule has 0 saturated carbocycles. The van der Waals surface area contributed by atoms with Gasteiger partial charge in [-0.25, -0.2) is 0 Å². The van der Waals surface area contributed by atoms with E-state index in [0.717, 1.165) is 39.5 Å². The highest BCUT2D eigenvalue weighted by molar-refractivity contribution is 5.23. The Morgan fingerprint density at radius 2 is 0.508 bits per heavy atom. The van der Waals surface area contributed by atoms with E-state index in [9.17, 15) is 71.0 Å². The molecule has 17 nitrogen and oxygen atoms in total. The van der Waals surface area contributed by atoms with Crippen molar-refractivity contribution >= 4 is 0 Å². The summed E-state index contributed by atoms with van der Waals surface area (Å²) in [7, 11) is 0. The first-order valence-corrected chi connectivity index (χ1v) is 41.7. The Labute approximate surface area is 739 Å². The summed E-state index contributed by atoms with van der Waals surface area (Å²) >= 11 is 0. The molecule has 3 heterocycles. The van der Waals surface area contributed by atoms with Gasteiger partial charge < -0.3 is 80.9 Å². The molecule has 12 rings (SSSR count). The van der Waals surface area contributed by atoms with Gasteiger partial charge in [0.15, 0.2) is 18.9 Å². The Hall–Kier alpha value is -9.15. The van der Waals surface area contributed by atoms with Crippen LogP contribution in [0.1, 0.15) is 62.9 Å². The molecule has 3 saturated heterocycles. The van der Waals surface area contributed by atoms with Crippen molar-refractivity contribution in [3.63, 3.8) is 0 Å². The highest BCUT2D eigenvalue weighted by Gasteiger charge is 2.95. The van der Waals surface area contributed by atoms with Crippen molar-refractivity contribution in [3.05, 3.63) is 335 Å². The molecule has 3 fully saturated rings. The van der Waals surface area contributed by atoms with E-state index in [1.165, 1.54) is 6.08 Å². The monoisotopic (exact) mass is 1840 g/mol. The summed E-state index contributed by atoms with van der Waals surface area (Å²) in [6, 6.07) is 82.6. The van der Waals surface area contributed by atoms with Crippen LogP contribution in [0.15, 0.2) is 285 Å². The molecule has 0 unspecified atom stereocenters. The van der Waals surface area contributed by atoms with Crippen LogP contribution in [0.25, 0.3) is 0 Å². The van der Waals surface area contributed by atoms with Gasteiger partial charge in [0.25, 0.3) is 0 Å². The van der Waals surface area contributed by atoms with Gasteiger partial charge in [-0.3, -0.25) is 0 Å². The first kappa shape index (κ1) is 99.9. The zero-order valence-corrected chi connectivity index (χ0v) is 69.7. The predicted octanol–water partition coefficient (Wildman–Crippen LogP) is 19.8. The standard InChI is InChI=1S/C96H97F17O17/c97-89(98,90(99,100)91(101,102)92(103,104)93(105,106)94(107,108)95(109,110)96(111,112)113)49-30-51-115-50-28-29-52-119-87-84(82(124-60-72-45-24-8-25-46-72)79(121-57-69-39-18-5-19-40-69)75(127-87)63-117-54-66-33-12-2-13-34-66)130-88-85(83(125-61-73-47-26-9-27-48-73)80(122-58-70-41-20-6-21-42-70)76(128-88)64-118-55-67-35-14-3-15-36-67)129-86-77(114)81(123-59-71-43-22-7-23-44-71)78(120-56-68-37-16-4-17-38-68)74(126-86)62-116-53-65-31-10-1-11-32-65/h1-29,31-48,74-88,114H,30,49-64H2/b29-28-/t74-,75-,76-,77+,78-,79-,80-,81-,82+,83+,84+,85+,86-,87+,88-/m1/s1.